The number of carbonyl (C=O) groups excluding carboxylic acids is 2. The average molecular weight is 626 g/mol. The number of fused-ring (bicyclic) bond motifs is 2. The molecule has 3 aromatic rings. The van der Waals surface area contributed by atoms with Crippen molar-refractivity contribution in [3.05, 3.63) is 54.1 Å². The van der Waals surface area contributed by atoms with Crippen LogP contribution in [0.25, 0.3) is 11.4 Å². The van der Waals surface area contributed by atoms with E-state index in [-0.39, 0.29) is 24.1 Å². The summed E-state index contributed by atoms with van der Waals surface area (Å²) in [5.41, 5.74) is 2.72. The van der Waals surface area contributed by atoms with Crippen LogP contribution in [0.15, 0.2) is 48.5 Å². The molecule has 0 aliphatic carbocycles. The van der Waals surface area contributed by atoms with E-state index < -0.39 is 0 Å². The van der Waals surface area contributed by atoms with Crippen LogP contribution < -0.4 is 20.4 Å². The number of nitrogens with zero attached hydrogens (tertiary/aromatic N) is 7. The molecule has 3 amide bonds. The number of carbonyl (C=O) groups is 2. The summed E-state index contributed by atoms with van der Waals surface area (Å²) in [7, 11) is 2.06. The zero-order valence-electron chi connectivity index (χ0n) is 26.9. The topological polar surface area (TPSA) is 119 Å². The molecule has 2 aromatic carbocycles. The highest BCUT2D eigenvalue weighted by Gasteiger charge is 2.36. The van der Waals surface area contributed by atoms with Crippen molar-refractivity contribution in [2.24, 2.45) is 0 Å². The van der Waals surface area contributed by atoms with Crippen LogP contribution in [0.2, 0.25) is 0 Å². The Morgan fingerprint density at radius 3 is 1.91 bits per heavy atom. The zero-order valence-corrected chi connectivity index (χ0v) is 26.9. The monoisotopic (exact) mass is 625 g/mol. The molecule has 4 aliphatic rings. The number of morpholine rings is 1. The molecule has 4 saturated heterocycles. The normalized spacial score (nSPS) is 24.7. The molecule has 4 aliphatic heterocycles. The second-order valence-corrected chi connectivity index (χ2v) is 13.1. The fourth-order valence-corrected chi connectivity index (χ4v) is 6.99. The fourth-order valence-electron chi connectivity index (χ4n) is 6.99. The Hall–Kier alpha value is -4.29. The Bertz CT molecular complexity index is 1540. The lowest BCUT2D eigenvalue weighted by Gasteiger charge is -2.33. The first-order valence-corrected chi connectivity index (χ1v) is 16.5. The third-order valence-electron chi connectivity index (χ3n) is 9.70. The van der Waals surface area contributed by atoms with Crippen molar-refractivity contribution >= 4 is 35.2 Å². The van der Waals surface area contributed by atoms with Gasteiger partial charge in [-0.05, 0) is 95.1 Å². The maximum atomic E-state index is 12.8. The molecule has 242 valence electrons. The molecule has 0 radical (unpaired) electrons. The number of anilines is 4. The lowest BCUT2D eigenvalue weighted by atomic mass is 10.1. The van der Waals surface area contributed by atoms with Crippen LogP contribution in [0.5, 0.6) is 0 Å². The van der Waals surface area contributed by atoms with Crippen LogP contribution >= 0.6 is 0 Å². The smallest absolute Gasteiger partial charge is 0.323 e. The summed E-state index contributed by atoms with van der Waals surface area (Å²) in [5, 5.41) is 5.75. The van der Waals surface area contributed by atoms with E-state index in [0.717, 1.165) is 70.5 Å². The number of amides is 3. The SMILES string of the molecule is CC1CCC(C)N1c1nc(-c2ccc(NC(=O)Nc3ccc(C(=O)N4CCN(C)CC4)cc3)cc2)nc(N2CC3CCC(C2)O3)n1. The van der Waals surface area contributed by atoms with Crippen molar-refractivity contribution in [3.8, 4) is 11.4 Å². The van der Waals surface area contributed by atoms with Gasteiger partial charge in [-0.2, -0.15) is 15.0 Å². The van der Waals surface area contributed by atoms with Gasteiger partial charge in [0.25, 0.3) is 5.91 Å². The molecule has 12 nitrogen and oxygen atoms in total. The van der Waals surface area contributed by atoms with E-state index in [9.17, 15) is 9.59 Å². The molecule has 4 fully saturated rings. The highest BCUT2D eigenvalue weighted by atomic mass is 16.5. The van der Waals surface area contributed by atoms with E-state index in [1.165, 1.54) is 0 Å². The summed E-state index contributed by atoms with van der Waals surface area (Å²) >= 11 is 0. The zero-order chi connectivity index (χ0) is 31.8. The van der Waals surface area contributed by atoms with E-state index in [1.54, 1.807) is 24.3 Å². The van der Waals surface area contributed by atoms with Crippen molar-refractivity contribution in [1.82, 2.24) is 24.8 Å². The van der Waals surface area contributed by atoms with Gasteiger partial charge < -0.3 is 35.0 Å². The Labute approximate surface area is 270 Å². The molecule has 12 heteroatoms. The Morgan fingerprint density at radius 1 is 0.739 bits per heavy atom. The summed E-state index contributed by atoms with van der Waals surface area (Å²) < 4.78 is 6.07. The minimum atomic E-state index is -0.366. The van der Waals surface area contributed by atoms with Gasteiger partial charge in [-0.25, -0.2) is 4.79 Å². The number of benzene rings is 2. The number of rotatable bonds is 6. The van der Waals surface area contributed by atoms with Crippen molar-refractivity contribution in [2.45, 2.75) is 63.8 Å². The highest BCUT2D eigenvalue weighted by molar-refractivity contribution is 6.00. The molecule has 2 bridgehead atoms. The third kappa shape index (κ3) is 6.50. The highest BCUT2D eigenvalue weighted by Crippen LogP contribution is 2.33. The second kappa shape index (κ2) is 12.8. The first-order valence-electron chi connectivity index (χ1n) is 16.5. The summed E-state index contributed by atoms with van der Waals surface area (Å²) in [6, 6.07) is 14.9. The van der Waals surface area contributed by atoms with Gasteiger partial charge in [-0.3, -0.25) is 4.79 Å². The van der Waals surface area contributed by atoms with Crippen LogP contribution in [0.3, 0.4) is 0 Å². The lowest BCUT2D eigenvalue weighted by molar-refractivity contribution is 0.0299. The molecular formula is C34H43N9O3. The molecule has 2 N–H and O–H groups in total. The molecule has 5 heterocycles. The number of nitrogens with one attached hydrogen (secondary N) is 2. The van der Waals surface area contributed by atoms with Gasteiger partial charge in [-0.1, -0.05) is 0 Å². The molecule has 1 aromatic heterocycles. The second-order valence-electron chi connectivity index (χ2n) is 13.1. The number of aromatic nitrogens is 3. The summed E-state index contributed by atoms with van der Waals surface area (Å²) in [6.07, 6.45) is 4.84. The van der Waals surface area contributed by atoms with E-state index in [0.29, 0.717) is 46.7 Å². The first-order chi connectivity index (χ1) is 22.3. The fraction of sp³-hybridized carbons (Fsp3) is 0.500. The van der Waals surface area contributed by atoms with Gasteiger partial charge in [0.2, 0.25) is 11.9 Å². The maximum Gasteiger partial charge on any atom is 0.323 e. The van der Waals surface area contributed by atoms with Gasteiger partial charge in [-0.15, -0.1) is 0 Å². The number of hydrogen-bond acceptors (Lipinski definition) is 9. The number of ether oxygens (including phenoxy) is 1. The molecule has 0 spiro atoms. The van der Waals surface area contributed by atoms with Crippen LogP contribution in [-0.2, 0) is 4.74 Å². The molecule has 4 atom stereocenters. The van der Waals surface area contributed by atoms with Crippen LogP contribution in [0, 0.1) is 0 Å². The predicted molar refractivity (Wildman–Crippen MR) is 178 cm³/mol. The first kappa shape index (κ1) is 30.4. The van der Waals surface area contributed by atoms with Gasteiger partial charge in [0.15, 0.2) is 5.82 Å². The van der Waals surface area contributed by atoms with Gasteiger partial charge in [0, 0.05) is 73.9 Å². The van der Waals surface area contributed by atoms with Gasteiger partial charge in [0.05, 0.1) is 12.2 Å². The summed E-state index contributed by atoms with van der Waals surface area (Å²) in [5.74, 6) is 2.05. The van der Waals surface area contributed by atoms with Crippen LogP contribution in [-0.4, -0.2) is 107 Å². The summed E-state index contributed by atoms with van der Waals surface area (Å²) in [6.45, 7) is 9.23. The lowest BCUT2D eigenvalue weighted by Crippen LogP contribution is -2.47. The number of likely N-dealkylation sites (N-methyl/N-ethyl adjacent to an activating group) is 1. The van der Waals surface area contributed by atoms with Crippen molar-refractivity contribution in [3.63, 3.8) is 0 Å². The molecule has 4 unspecified atom stereocenters. The average Bonchev–Trinajstić information content (AvgIpc) is 3.59. The minimum Gasteiger partial charge on any atom is -0.371 e. The van der Waals surface area contributed by atoms with Crippen molar-refractivity contribution < 1.29 is 14.3 Å². The maximum absolute atomic E-state index is 12.8. The van der Waals surface area contributed by atoms with E-state index in [2.05, 4.69) is 46.2 Å². The molecule has 0 saturated carbocycles. The van der Waals surface area contributed by atoms with E-state index in [4.69, 9.17) is 19.7 Å². The number of hydrogen-bond donors (Lipinski definition) is 2. The van der Waals surface area contributed by atoms with Crippen LogP contribution in [0.1, 0.15) is 49.9 Å². The Balaban J connectivity index is 1.03. The Kier molecular flexibility index (Phi) is 8.48. The molecular weight excluding hydrogens is 582 g/mol. The number of piperazine rings is 1. The van der Waals surface area contributed by atoms with E-state index >= 15 is 0 Å². The standard InChI is InChI=1S/C34H43N9O3/c1-22-4-5-23(2)43(22)33-38-30(37-32(39-33)42-20-28-14-15-29(21-42)46-28)24-6-10-26(11-7-24)35-34(45)36-27-12-8-25(9-13-27)31(44)41-18-16-40(3)17-19-41/h6-13,22-23,28-29H,4-5,14-21H2,1-3H3,(H2,35,36,45). The van der Waals surface area contributed by atoms with Gasteiger partial charge in [0.1, 0.15) is 0 Å². The van der Waals surface area contributed by atoms with E-state index in [1.807, 2.05) is 29.2 Å². The van der Waals surface area contributed by atoms with Gasteiger partial charge >= 0.3 is 6.03 Å². The number of urea groups is 1. The minimum absolute atomic E-state index is 0.0168. The molecule has 7 rings (SSSR count). The quantitative estimate of drug-likeness (QED) is 0.413. The largest absolute Gasteiger partial charge is 0.371 e. The van der Waals surface area contributed by atoms with Crippen molar-refractivity contribution in [1.29, 1.82) is 0 Å². The van der Waals surface area contributed by atoms with Crippen molar-refractivity contribution in [2.75, 3.05) is 66.7 Å². The molecule has 46 heavy (non-hydrogen) atoms. The Morgan fingerprint density at radius 2 is 1.30 bits per heavy atom. The third-order valence-corrected chi connectivity index (χ3v) is 9.70. The van der Waals surface area contributed by atoms with Crippen LogP contribution in [0.4, 0.5) is 28.1 Å². The summed E-state index contributed by atoms with van der Waals surface area (Å²) in [4.78, 5) is 49.2. The predicted octanol–water partition coefficient (Wildman–Crippen LogP) is 4.32.